The summed E-state index contributed by atoms with van der Waals surface area (Å²) >= 11 is 0. The molecule has 0 radical (unpaired) electrons. The van der Waals surface area contributed by atoms with Crippen molar-refractivity contribution in [1.29, 1.82) is 0 Å². The minimum Gasteiger partial charge on any atom is -0.469 e. The summed E-state index contributed by atoms with van der Waals surface area (Å²) in [4.78, 5) is 36.4. The summed E-state index contributed by atoms with van der Waals surface area (Å²) < 4.78 is 15.2. The van der Waals surface area contributed by atoms with Crippen LogP contribution in [0, 0.1) is 314 Å². The van der Waals surface area contributed by atoms with Crippen LogP contribution in [0.15, 0.2) is 0 Å². The maximum atomic E-state index is 12.5. The molecule has 20 bridgehead atoms. The minimum absolute atomic E-state index is 0.00116. The molecule has 112 heavy (non-hydrogen) atoms. The van der Waals surface area contributed by atoms with E-state index in [4.69, 9.17) is 14.2 Å². The zero-order valence-corrected chi connectivity index (χ0v) is 80.3. The normalized spacial score (nSPS) is 57.4. The highest BCUT2D eigenvalue weighted by molar-refractivity contribution is 5.79. The first kappa shape index (κ1) is 86.8. The Morgan fingerprint density at radius 2 is 0.357 bits per heavy atom. The van der Waals surface area contributed by atoms with Gasteiger partial charge in [-0.1, -0.05) is 228 Å². The molecule has 0 N–H and O–H groups in total. The van der Waals surface area contributed by atoms with Gasteiger partial charge in [0.1, 0.15) is 0 Å². The van der Waals surface area contributed by atoms with E-state index in [-0.39, 0.29) is 34.2 Å². The highest BCUT2D eigenvalue weighted by Gasteiger charge is 2.77. The summed E-state index contributed by atoms with van der Waals surface area (Å²) in [5.41, 5.74) is 3.86. The second kappa shape index (κ2) is 27.7. The van der Waals surface area contributed by atoms with Crippen molar-refractivity contribution in [3.8, 4) is 0 Å². The lowest BCUT2D eigenvalue weighted by Crippen LogP contribution is -2.50. The fourth-order valence-corrected chi connectivity index (χ4v) is 39.2. The molecule has 20 rings (SSSR count). The first-order chi connectivity index (χ1) is 51.5. The van der Waals surface area contributed by atoms with Crippen molar-refractivity contribution in [1.82, 2.24) is 0 Å². The van der Waals surface area contributed by atoms with Crippen molar-refractivity contribution in [3.05, 3.63) is 0 Å². The van der Waals surface area contributed by atoms with E-state index in [9.17, 15) is 14.4 Å². The minimum atomic E-state index is -0.231. The Hall–Kier alpha value is -1.59. The van der Waals surface area contributed by atoms with Gasteiger partial charge in [-0.3, -0.25) is 14.4 Å². The smallest absolute Gasteiger partial charge is 0.312 e. The first-order valence-electron chi connectivity index (χ1n) is 48.7. The highest BCUT2D eigenvalue weighted by Crippen LogP contribution is 2.82. The molecule has 46 atom stereocenters. The zero-order valence-electron chi connectivity index (χ0n) is 80.3. The summed E-state index contributed by atoms with van der Waals surface area (Å²) in [6, 6.07) is 0. The molecule has 0 amide bonds. The zero-order chi connectivity index (χ0) is 83.3. The lowest BCUT2D eigenvalue weighted by atomic mass is 9.50. The lowest BCUT2D eigenvalue weighted by Gasteiger charge is -2.55. The molecule has 20 aliphatic rings. The number of hydrogen-bond acceptors (Lipinski definition) is 6. The maximum Gasteiger partial charge on any atom is 0.312 e. The number of ether oxygens (including phenoxy) is 3. The second-order valence-corrected chi connectivity index (χ2v) is 52.0. The van der Waals surface area contributed by atoms with Gasteiger partial charge in [0.15, 0.2) is 0 Å². The van der Waals surface area contributed by atoms with Crippen LogP contribution in [0.4, 0.5) is 0 Å². The van der Waals surface area contributed by atoms with Crippen LogP contribution in [0.2, 0.25) is 0 Å². The summed E-state index contributed by atoms with van der Waals surface area (Å²) in [5, 5.41) is 0. The number of methoxy groups -OCH3 is 3. The Balaban J connectivity index is 0.000000109. The van der Waals surface area contributed by atoms with Crippen LogP contribution < -0.4 is 0 Å². The fourth-order valence-electron chi connectivity index (χ4n) is 39.2. The van der Waals surface area contributed by atoms with Gasteiger partial charge in [0.25, 0.3) is 0 Å². The van der Waals surface area contributed by atoms with Crippen molar-refractivity contribution >= 4 is 17.9 Å². The van der Waals surface area contributed by atoms with Gasteiger partial charge in [-0.15, -0.1) is 0 Å². The summed E-state index contributed by atoms with van der Waals surface area (Å²) in [6.45, 7) is 87.9. The number of esters is 3. The molecule has 6 heteroatoms. The molecule has 0 heterocycles. The van der Waals surface area contributed by atoms with Crippen LogP contribution >= 0.6 is 0 Å². The standard InChI is InChI=1S/C18H28O2.2C18H30.2C13H22O2.2C13H24/c1-8-9(2)12-6-11(8)15-13-7-14(16(12)15)18(4,10(13)3)17(19)20-5;2*1-9-10(2)12-7-11(9)15-13-8-14(16(12)15)18(5,6)17(13,3)4;2*1-7-8(2)11-6-10(7)9(3)13(11,4)12(14)15-5;2*1-8-9(2)11-7-10(8)12(3,4)13(11,5)6/h8-16H,6-7H2,1-5H3;2*9-16H,7-8H2,1-6H3;2*7-11H,6H2,1-5H3;2*8-11H,7H2,1-6H3. The Morgan fingerprint density at radius 1 is 0.188 bits per heavy atom. The topological polar surface area (TPSA) is 78.9 Å². The van der Waals surface area contributed by atoms with Crippen molar-refractivity contribution in [2.24, 2.45) is 314 Å². The summed E-state index contributed by atoms with van der Waals surface area (Å²) in [7, 11) is 4.59. The molecule has 0 saturated heterocycles. The van der Waals surface area contributed by atoms with Crippen molar-refractivity contribution < 1.29 is 28.6 Å². The van der Waals surface area contributed by atoms with Crippen molar-refractivity contribution in [3.63, 3.8) is 0 Å². The van der Waals surface area contributed by atoms with Gasteiger partial charge >= 0.3 is 17.9 Å². The van der Waals surface area contributed by atoms with Gasteiger partial charge in [-0.2, -0.15) is 0 Å². The van der Waals surface area contributed by atoms with Crippen LogP contribution in [0.3, 0.4) is 0 Å². The molecule has 640 valence electrons. The average Bonchev–Trinajstić information content (AvgIpc) is 1.51. The molecule has 0 aromatic carbocycles. The van der Waals surface area contributed by atoms with E-state index < -0.39 is 0 Å². The van der Waals surface area contributed by atoms with Crippen LogP contribution in [-0.2, 0) is 28.6 Å². The molecule has 20 aliphatic carbocycles. The number of fused-ring (bicyclic) bond motifs is 35. The molecule has 0 aromatic rings. The number of hydrogen-bond donors (Lipinski definition) is 0. The van der Waals surface area contributed by atoms with Crippen LogP contribution in [0.5, 0.6) is 0 Å². The third-order valence-electron chi connectivity index (χ3n) is 50.4. The highest BCUT2D eigenvalue weighted by atomic mass is 16.5. The third-order valence-corrected chi connectivity index (χ3v) is 50.4. The number of carbonyl (C=O) groups excluding carboxylic acids is 3. The molecule has 20 fully saturated rings. The largest absolute Gasteiger partial charge is 0.469 e. The monoisotopic (exact) mass is 1550 g/mol. The van der Waals surface area contributed by atoms with Gasteiger partial charge in [0.05, 0.1) is 37.6 Å². The van der Waals surface area contributed by atoms with E-state index in [1.807, 2.05) is 0 Å². The summed E-state index contributed by atoms with van der Waals surface area (Å²) in [6.07, 6.45) is 14.4. The van der Waals surface area contributed by atoms with Crippen LogP contribution in [-0.4, -0.2) is 39.2 Å². The number of carbonyl (C=O) groups is 3. The van der Waals surface area contributed by atoms with Gasteiger partial charge in [-0.05, 0) is 383 Å². The average molecular weight is 1550 g/mol. The van der Waals surface area contributed by atoms with E-state index in [0.29, 0.717) is 102 Å². The third kappa shape index (κ3) is 10.9. The van der Waals surface area contributed by atoms with Crippen molar-refractivity contribution in [2.45, 2.75) is 313 Å². The van der Waals surface area contributed by atoms with E-state index in [1.165, 1.54) is 52.7 Å². The molecule has 46 unspecified atom stereocenters. The molecule has 6 nitrogen and oxygen atoms in total. The SMILES string of the molecule is CC1C(C)C2CC1C(C)(C)C2(C)C.CC1C(C)C2CC1C(C)(C)C2(C)C.CC1C(C)C2CC1C1C2C2CC1C(C)(C)C2(C)C.CC1C(C)C2CC1C1C2C2CC1C(C)(C)C2(C)C.COC(=O)C1(C)C(C)C2CC1C(C)C2C.COC(=O)C1(C)C(C)C2CC1C(C)C2C.COC(=O)C1(C)C(C)C2CC1C1C3CC(C(C)C3C)C21. The van der Waals surface area contributed by atoms with Crippen LogP contribution in [0.1, 0.15) is 313 Å². The van der Waals surface area contributed by atoms with E-state index >= 15 is 0 Å². The lowest BCUT2D eigenvalue weighted by molar-refractivity contribution is -0.164. The predicted octanol–water partition coefficient (Wildman–Crippen LogP) is 26.7. The molecular formula is C106H180O6. The van der Waals surface area contributed by atoms with Gasteiger partial charge in [0, 0.05) is 0 Å². The Kier molecular flexibility index (Phi) is 21.5. The quantitative estimate of drug-likeness (QED) is 0.159. The van der Waals surface area contributed by atoms with Crippen LogP contribution in [0.25, 0.3) is 0 Å². The van der Waals surface area contributed by atoms with E-state index in [2.05, 4.69) is 249 Å². The van der Waals surface area contributed by atoms with Gasteiger partial charge in [0.2, 0.25) is 0 Å². The van der Waals surface area contributed by atoms with Gasteiger partial charge in [-0.25, -0.2) is 0 Å². The Bertz CT molecular complexity index is 3220. The second-order valence-electron chi connectivity index (χ2n) is 52.0. The predicted molar refractivity (Wildman–Crippen MR) is 463 cm³/mol. The number of rotatable bonds is 3. The van der Waals surface area contributed by atoms with Crippen molar-refractivity contribution in [2.75, 3.05) is 21.3 Å². The van der Waals surface area contributed by atoms with E-state index in [1.54, 1.807) is 32.8 Å². The Labute approximate surface area is 691 Å². The van der Waals surface area contributed by atoms with Gasteiger partial charge < -0.3 is 14.2 Å². The molecule has 0 aliphatic heterocycles. The first-order valence-corrected chi connectivity index (χ1v) is 48.7. The van der Waals surface area contributed by atoms with E-state index in [0.717, 1.165) is 195 Å². The molecule has 20 saturated carbocycles. The molecule has 0 aromatic heterocycles. The summed E-state index contributed by atoms with van der Waals surface area (Å²) in [5.74, 6) is 38.2. The molecular weight excluding hydrogens is 1370 g/mol. The Morgan fingerprint density at radius 3 is 0.580 bits per heavy atom. The maximum absolute atomic E-state index is 12.5. The molecule has 0 spiro atoms. The fraction of sp³-hybridized carbons (Fsp3) is 0.972.